The second kappa shape index (κ2) is 10.2. The molecule has 0 aliphatic carbocycles. The van der Waals surface area contributed by atoms with Crippen LogP contribution in [0, 0.1) is 0 Å². The molecule has 5 rings (SSSR count). The summed E-state index contributed by atoms with van der Waals surface area (Å²) in [6.45, 7) is 5.50. The summed E-state index contributed by atoms with van der Waals surface area (Å²) in [7, 11) is 1.89. The summed E-state index contributed by atoms with van der Waals surface area (Å²) in [5.74, 6) is -0.0500. The van der Waals surface area contributed by atoms with Gasteiger partial charge < -0.3 is 29.6 Å². The van der Waals surface area contributed by atoms with Gasteiger partial charge in [-0.3, -0.25) is 9.78 Å². The van der Waals surface area contributed by atoms with Crippen molar-refractivity contribution >= 4 is 51.9 Å². The molecule has 11 heteroatoms. The number of nitrogens with zero attached hydrogens (tertiary/aromatic N) is 4. The normalized spacial score (nSPS) is 20.2. The Morgan fingerprint density at radius 3 is 2.91 bits per heavy atom. The molecule has 2 N–H and O–H groups in total. The Labute approximate surface area is 213 Å². The number of fused-ring (bicyclic) bond motifs is 2. The van der Waals surface area contributed by atoms with Crippen molar-refractivity contribution in [1.29, 1.82) is 0 Å². The molecule has 2 aliphatic heterocycles. The van der Waals surface area contributed by atoms with E-state index in [0.29, 0.717) is 66.4 Å². The Kier molecular flexibility index (Phi) is 7.02. The zero-order valence-corrected chi connectivity index (χ0v) is 21.2. The van der Waals surface area contributed by atoms with Crippen molar-refractivity contribution in [2.45, 2.75) is 25.5 Å². The van der Waals surface area contributed by atoms with E-state index in [0.717, 1.165) is 23.4 Å². The Hall–Kier alpha value is -2.59. The topological polar surface area (TPSA) is 95.8 Å². The number of pyridine rings is 1. The van der Waals surface area contributed by atoms with Crippen LogP contribution < -0.4 is 15.5 Å². The van der Waals surface area contributed by atoms with Crippen LogP contribution in [0.4, 0.5) is 11.7 Å². The van der Waals surface area contributed by atoms with Gasteiger partial charge in [0.25, 0.3) is 11.9 Å². The number of anilines is 2. The van der Waals surface area contributed by atoms with Crippen LogP contribution in [0.2, 0.25) is 10.0 Å². The lowest BCUT2D eigenvalue weighted by atomic mass is 9.93. The standard InChI is InChI=1S/C24H28Cl2N6O3/c1-14-21-15(9-16(25)10-17(21)26)3-6-32(14)23(33)20-13-31(7-8-34-20)19-12-28-11-18-22(19)35-24(30-18)29-5-4-27-2/h9-12,14,20,27H,3-8,13H2,1-2H3,(H,29,30)/t14-,20+/m0/s1. The minimum absolute atomic E-state index is 0.0500. The van der Waals surface area contributed by atoms with Gasteiger partial charge in [-0.25, -0.2) is 0 Å². The quantitative estimate of drug-likeness (QED) is 0.478. The highest BCUT2D eigenvalue weighted by atomic mass is 35.5. The van der Waals surface area contributed by atoms with Crippen LogP contribution in [0.3, 0.4) is 0 Å². The first-order chi connectivity index (χ1) is 17.0. The second-order valence-electron chi connectivity index (χ2n) is 8.78. The summed E-state index contributed by atoms with van der Waals surface area (Å²) in [6.07, 6.45) is 3.52. The smallest absolute Gasteiger partial charge is 0.295 e. The van der Waals surface area contributed by atoms with Crippen molar-refractivity contribution in [2.24, 2.45) is 0 Å². The molecule has 1 fully saturated rings. The molecule has 2 aromatic heterocycles. The molecular formula is C24H28Cl2N6O3. The van der Waals surface area contributed by atoms with Crippen molar-refractivity contribution in [2.75, 3.05) is 56.6 Å². The summed E-state index contributed by atoms with van der Waals surface area (Å²) in [5.41, 5.74) is 4.15. The summed E-state index contributed by atoms with van der Waals surface area (Å²) < 4.78 is 11.9. The maximum Gasteiger partial charge on any atom is 0.295 e. The lowest BCUT2D eigenvalue weighted by Crippen LogP contribution is -2.53. The predicted octanol–water partition coefficient (Wildman–Crippen LogP) is 3.51. The Morgan fingerprint density at radius 1 is 1.23 bits per heavy atom. The molecule has 9 nitrogen and oxygen atoms in total. The van der Waals surface area contributed by atoms with Crippen molar-refractivity contribution < 1.29 is 13.9 Å². The van der Waals surface area contributed by atoms with Gasteiger partial charge in [-0.05, 0) is 43.7 Å². The van der Waals surface area contributed by atoms with Crippen LogP contribution in [-0.2, 0) is 16.0 Å². The van der Waals surface area contributed by atoms with Gasteiger partial charge in [0.15, 0.2) is 11.7 Å². The van der Waals surface area contributed by atoms with Gasteiger partial charge in [-0.1, -0.05) is 23.2 Å². The van der Waals surface area contributed by atoms with E-state index in [1.807, 2.05) is 24.9 Å². The van der Waals surface area contributed by atoms with E-state index in [4.69, 9.17) is 32.4 Å². The van der Waals surface area contributed by atoms with Crippen molar-refractivity contribution in [1.82, 2.24) is 20.2 Å². The molecule has 186 valence electrons. The SMILES string of the molecule is CNCCNc1nc2cncc(N3CCO[C@@H](C(=O)N4CCc5cc(Cl)cc(Cl)c5[C@@H]4C)C3)c2o1. The monoisotopic (exact) mass is 518 g/mol. The second-order valence-corrected chi connectivity index (χ2v) is 9.62. The van der Waals surface area contributed by atoms with Crippen molar-refractivity contribution in [3.8, 4) is 0 Å². The number of rotatable bonds is 6. The Morgan fingerprint density at radius 2 is 2.09 bits per heavy atom. The van der Waals surface area contributed by atoms with E-state index in [1.165, 1.54) is 0 Å². The highest BCUT2D eigenvalue weighted by molar-refractivity contribution is 6.35. The van der Waals surface area contributed by atoms with Crippen LogP contribution in [0.15, 0.2) is 28.9 Å². The molecule has 1 aromatic carbocycles. The molecule has 1 saturated heterocycles. The minimum Gasteiger partial charge on any atom is -0.421 e. The minimum atomic E-state index is -0.606. The number of morpholine rings is 1. The number of likely N-dealkylation sites (N-methyl/N-ethyl adjacent to an activating group) is 1. The van der Waals surface area contributed by atoms with Crippen LogP contribution in [-0.4, -0.2) is 73.3 Å². The number of amides is 1. The Balaban J connectivity index is 1.34. The number of benzene rings is 1. The highest BCUT2D eigenvalue weighted by Crippen LogP contribution is 2.38. The predicted molar refractivity (Wildman–Crippen MR) is 136 cm³/mol. The lowest BCUT2D eigenvalue weighted by molar-refractivity contribution is -0.147. The summed E-state index contributed by atoms with van der Waals surface area (Å²) in [4.78, 5) is 26.4. The molecule has 2 atom stereocenters. The van der Waals surface area contributed by atoms with E-state index < -0.39 is 6.10 Å². The first-order valence-electron chi connectivity index (χ1n) is 11.7. The van der Waals surface area contributed by atoms with Crippen molar-refractivity contribution in [3.05, 3.63) is 45.7 Å². The molecular weight excluding hydrogens is 491 g/mol. The van der Waals surface area contributed by atoms with Crippen LogP contribution >= 0.6 is 23.2 Å². The fourth-order valence-electron chi connectivity index (χ4n) is 4.84. The number of ether oxygens (including phenoxy) is 1. The fraction of sp³-hybridized carbons (Fsp3) is 0.458. The van der Waals surface area contributed by atoms with E-state index in [2.05, 4.69) is 25.5 Å². The number of halogens is 2. The molecule has 0 unspecified atom stereocenters. The lowest BCUT2D eigenvalue weighted by Gasteiger charge is -2.40. The first-order valence-corrected chi connectivity index (χ1v) is 12.5. The van der Waals surface area contributed by atoms with E-state index in [9.17, 15) is 4.79 Å². The molecule has 0 saturated carbocycles. The van der Waals surface area contributed by atoms with E-state index in [1.54, 1.807) is 18.5 Å². The zero-order chi connectivity index (χ0) is 24.5. The molecule has 1 amide bonds. The van der Waals surface area contributed by atoms with Gasteiger partial charge in [0, 0.05) is 36.2 Å². The number of carbonyl (C=O) groups excluding carboxylic acids is 1. The van der Waals surface area contributed by atoms with Crippen LogP contribution in [0.25, 0.3) is 11.1 Å². The van der Waals surface area contributed by atoms with Crippen LogP contribution in [0.1, 0.15) is 24.1 Å². The number of aromatic nitrogens is 2. The van der Waals surface area contributed by atoms with Gasteiger partial charge in [0.1, 0.15) is 11.2 Å². The molecule has 4 heterocycles. The number of hydrogen-bond donors (Lipinski definition) is 2. The van der Waals surface area contributed by atoms with E-state index >= 15 is 0 Å². The zero-order valence-electron chi connectivity index (χ0n) is 19.7. The van der Waals surface area contributed by atoms with Gasteiger partial charge in [-0.2, -0.15) is 4.98 Å². The third kappa shape index (κ3) is 4.78. The average molecular weight is 519 g/mol. The number of oxazole rings is 1. The molecule has 2 aliphatic rings. The van der Waals surface area contributed by atoms with E-state index in [-0.39, 0.29) is 11.9 Å². The summed E-state index contributed by atoms with van der Waals surface area (Å²) in [5, 5.41) is 7.44. The van der Waals surface area contributed by atoms with Gasteiger partial charge >= 0.3 is 0 Å². The molecule has 0 bridgehead atoms. The number of hydrogen-bond acceptors (Lipinski definition) is 8. The summed E-state index contributed by atoms with van der Waals surface area (Å²) in [6, 6.07) is 3.95. The van der Waals surface area contributed by atoms with Crippen molar-refractivity contribution in [3.63, 3.8) is 0 Å². The fourth-order valence-corrected chi connectivity index (χ4v) is 5.54. The average Bonchev–Trinajstić information content (AvgIpc) is 3.27. The third-order valence-electron chi connectivity index (χ3n) is 6.58. The molecule has 0 spiro atoms. The molecule has 35 heavy (non-hydrogen) atoms. The molecule has 0 radical (unpaired) electrons. The third-order valence-corrected chi connectivity index (χ3v) is 7.11. The van der Waals surface area contributed by atoms with Gasteiger partial charge in [-0.15, -0.1) is 0 Å². The first kappa shape index (κ1) is 24.1. The maximum atomic E-state index is 13.6. The maximum absolute atomic E-state index is 13.6. The highest BCUT2D eigenvalue weighted by Gasteiger charge is 2.36. The molecule has 3 aromatic rings. The summed E-state index contributed by atoms with van der Waals surface area (Å²) >= 11 is 12.7. The van der Waals surface area contributed by atoms with Gasteiger partial charge in [0.2, 0.25) is 0 Å². The largest absolute Gasteiger partial charge is 0.421 e. The van der Waals surface area contributed by atoms with Crippen LogP contribution in [0.5, 0.6) is 0 Å². The number of carbonyl (C=O) groups is 1. The number of nitrogens with one attached hydrogen (secondary N) is 2. The van der Waals surface area contributed by atoms with Gasteiger partial charge in [0.05, 0.1) is 31.6 Å². The Bertz CT molecular complexity index is 1240.